The summed E-state index contributed by atoms with van der Waals surface area (Å²) < 4.78 is 4.71. The number of aryl methyl sites for hydroxylation is 1. The van der Waals surface area contributed by atoms with E-state index < -0.39 is 0 Å². The molecule has 2 heterocycles. The van der Waals surface area contributed by atoms with Crippen LogP contribution in [0.25, 0.3) is 10.2 Å². The first-order chi connectivity index (χ1) is 8.08. The lowest BCUT2D eigenvalue weighted by atomic mass is 10.2. The molecule has 2 rings (SSSR count). The standard InChI is InChI=1S/C10H10ClN3O2S/c1-4-5-7(11)13-10(12-2)14-8(5)17-6(4)9(15)16-3/h1-3H3,(H,12,13,14). The number of fused-ring (bicyclic) bond motifs is 1. The predicted molar refractivity (Wildman–Crippen MR) is 68.0 cm³/mol. The second-order valence-electron chi connectivity index (χ2n) is 3.32. The maximum Gasteiger partial charge on any atom is 0.348 e. The molecule has 0 spiro atoms. The van der Waals surface area contributed by atoms with Gasteiger partial charge in [-0.25, -0.2) is 14.8 Å². The van der Waals surface area contributed by atoms with Crippen molar-refractivity contribution >= 4 is 45.1 Å². The van der Waals surface area contributed by atoms with Crippen molar-refractivity contribution in [2.75, 3.05) is 19.5 Å². The average molecular weight is 272 g/mol. The molecule has 2 aromatic heterocycles. The fourth-order valence-electron chi connectivity index (χ4n) is 1.49. The minimum absolute atomic E-state index is 0.336. The highest BCUT2D eigenvalue weighted by atomic mass is 35.5. The number of aromatic nitrogens is 2. The summed E-state index contributed by atoms with van der Waals surface area (Å²) in [6.07, 6.45) is 0. The summed E-state index contributed by atoms with van der Waals surface area (Å²) in [7, 11) is 3.05. The van der Waals surface area contributed by atoms with Gasteiger partial charge in [-0.15, -0.1) is 11.3 Å². The zero-order chi connectivity index (χ0) is 12.6. The average Bonchev–Trinajstić information content (AvgIpc) is 2.66. The van der Waals surface area contributed by atoms with Gasteiger partial charge in [0.05, 0.1) is 12.5 Å². The fourth-order valence-corrected chi connectivity index (χ4v) is 2.96. The summed E-state index contributed by atoms with van der Waals surface area (Å²) in [6, 6.07) is 0. The first-order valence-electron chi connectivity index (χ1n) is 4.81. The molecule has 0 amide bonds. The van der Waals surface area contributed by atoms with Gasteiger partial charge in [0.2, 0.25) is 5.95 Å². The van der Waals surface area contributed by atoms with Crippen LogP contribution in [0.3, 0.4) is 0 Å². The van der Waals surface area contributed by atoms with E-state index in [-0.39, 0.29) is 5.97 Å². The van der Waals surface area contributed by atoms with Crippen LogP contribution in [0.4, 0.5) is 5.95 Å². The van der Waals surface area contributed by atoms with E-state index in [1.807, 2.05) is 0 Å². The molecule has 7 heteroatoms. The van der Waals surface area contributed by atoms with Crippen molar-refractivity contribution in [2.45, 2.75) is 6.92 Å². The van der Waals surface area contributed by atoms with E-state index in [1.165, 1.54) is 18.4 Å². The number of carbonyl (C=O) groups excluding carboxylic acids is 1. The molecule has 0 bridgehead atoms. The van der Waals surface area contributed by atoms with E-state index in [2.05, 4.69) is 15.3 Å². The van der Waals surface area contributed by atoms with E-state index in [9.17, 15) is 4.79 Å². The number of esters is 1. The Labute approximate surface area is 107 Å². The number of rotatable bonds is 2. The van der Waals surface area contributed by atoms with Crippen molar-refractivity contribution in [1.29, 1.82) is 0 Å². The molecular weight excluding hydrogens is 262 g/mol. The van der Waals surface area contributed by atoms with Gasteiger partial charge >= 0.3 is 5.97 Å². The van der Waals surface area contributed by atoms with Gasteiger partial charge in [-0.3, -0.25) is 0 Å². The van der Waals surface area contributed by atoms with Crippen LogP contribution in [0, 0.1) is 6.92 Å². The molecule has 17 heavy (non-hydrogen) atoms. The smallest absolute Gasteiger partial charge is 0.348 e. The number of nitrogens with zero attached hydrogens (tertiary/aromatic N) is 2. The van der Waals surface area contributed by atoms with Gasteiger partial charge in [-0.1, -0.05) is 11.6 Å². The monoisotopic (exact) mass is 271 g/mol. The number of ether oxygens (including phenoxy) is 1. The van der Waals surface area contributed by atoms with E-state index in [4.69, 9.17) is 16.3 Å². The number of thiophene rings is 1. The number of hydrogen-bond acceptors (Lipinski definition) is 6. The third kappa shape index (κ3) is 1.94. The van der Waals surface area contributed by atoms with E-state index >= 15 is 0 Å². The van der Waals surface area contributed by atoms with Crippen LogP contribution in [-0.4, -0.2) is 30.1 Å². The Hall–Kier alpha value is -1.40. The SMILES string of the molecule is CNc1nc(Cl)c2c(C)c(C(=O)OC)sc2n1. The largest absolute Gasteiger partial charge is 0.465 e. The quantitative estimate of drug-likeness (QED) is 0.671. The lowest BCUT2D eigenvalue weighted by molar-refractivity contribution is 0.0605. The van der Waals surface area contributed by atoms with Gasteiger partial charge in [-0.05, 0) is 12.5 Å². The maximum absolute atomic E-state index is 11.6. The summed E-state index contributed by atoms with van der Waals surface area (Å²) in [5, 5.41) is 3.86. The number of nitrogens with one attached hydrogen (secondary N) is 1. The summed E-state index contributed by atoms with van der Waals surface area (Å²) in [4.78, 5) is 21.1. The van der Waals surface area contributed by atoms with E-state index in [0.717, 1.165) is 5.56 Å². The van der Waals surface area contributed by atoms with Crippen LogP contribution in [0.1, 0.15) is 15.2 Å². The van der Waals surface area contributed by atoms with Gasteiger partial charge in [0.15, 0.2) is 0 Å². The van der Waals surface area contributed by atoms with Crippen LogP contribution >= 0.6 is 22.9 Å². The lowest BCUT2D eigenvalue weighted by Gasteiger charge is -2.00. The molecule has 0 aliphatic rings. The van der Waals surface area contributed by atoms with Crippen molar-refractivity contribution in [1.82, 2.24) is 9.97 Å². The summed E-state index contributed by atoms with van der Waals surface area (Å²) in [6.45, 7) is 1.80. The number of anilines is 1. The van der Waals surface area contributed by atoms with Crippen molar-refractivity contribution in [3.05, 3.63) is 15.6 Å². The predicted octanol–water partition coefficient (Wildman–Crippen LogP) is 2.48. The Morgan fingerprint density at radius 1 is 1.47 bits per heavy atom. The molecule has 0 aromatic carbocycles. The Bertz CT molecular complexity index is 597. The highest BCUT2D eigenvalue weighted by molar-refractivity contribution is 7.20. The number of halogens is 1. The Morgan fingerprint density at radius 3 is 2.76 bits per heavy atom. The zero-order valence-electron chi connectivity index (χ0n) is 9.50. The Morgan fingerprint density at radius 2 is 2.18 bits per heavy atom. The van der Waals surface area contributed by atoms with E-state index in [1.54, 1.807) is 14.0 Å². The van der Waals surface area contributed by atoms with Crippen LogP contribution < -0.4 is 5.32 Å². The second kappa shape index (κ2) is 4.46. The minimum atomic E-state index is -0.382. The minimum Gasteiger partial charge on any atom is -0.465 e. The highest BCUT2D eigenvalue weighted by Crippen LogP contribution is 2.34. The molecule has 0 fully saturated rings. The summed E-state index contributed by atoms with van der Waals surface area (Å²) in [5.74, 6) is 0.0488. The van der Waals surface area contributed by atoms with Crippen molar-refractivity contribution < 1.29 is 9.53 Å². The maximum atomic E-state index is 11.6. The first-order valence-corrected chi connectivity index (χ1v) is 6.00. The number of hydrogen-bond donors (Lipinski definition) is 1. The Balaban J connectivity index is 2.73. The molecule has 1 N–H and O–H groups in total. The van der Waals surface area contributed by atoms with E-state index in [0.29, 0.717) is 26.2 Å². The molecule has 0 radical (unpaired) electrons. The van der Waals surface area contributed by atoms with Gasteiger partial charge in [0.25, 0.3) is 0 Å². The fraction of sp³-hybridized carbons (Fsp3) is 0.300. The molecule has 90 valence electrons. The zero-order valence-corrected chi connectivity index (χ0v) is 11.1. The normalized spacial score (nSPS) is 10.6. The van der Waals surface area contributed by atoms with Crippen LogP contribution in [0.2, 0.25) is 5.15 Å². The van der Waals surface area contributed by atoms with Gasteiger partial charge in [0, 0.05) is 7.05 Å². The van der Waals surface area contributed by atoms with Crippen molar-refractivity contribution in [2.24, 2.45) is 0 Å². The molecule has 0 atom stereocenters. The van der Waals surface area contributed by atoms with Crippen LogP contribution in [0.15, 0.2) is 0 Å². The molecule has 0 saturated carbocycles. The third-order valence-electron chi connectivity index (χ3n) is 2.34. The third-order valence-corrected chi connectivity index (χ3v) is 3.78. The number of methoxy groups -OCH3 is 1. The highest BCUT2D eigenvalue weighted by Gasteiger charge is 2.19. The topological polar surface area (TPSA) is 64.1 Å². The second-order valence-corrected chi connectivity index (χ2v) is 4.67. The number of carbonyl (C=O) groups is 1. The van der Waals surface area contributed by atoms with Gasteiger partial charge in [-0.2, -0.15) is 0 Å². The molecule has 5 nitrogen and oxygen atoms in total. The summed E-state index contributed by atoms with van der Waals surface area (Å²) in [5.41, 5.74) is 0.754. The molecule has 0 unspecified atom stereocenters. The van der Waals surface area contributed by atoms with Crippen LogP contribution in [0.5, 0.6) is 0 Å². The lowest BCUT2D eigenvalue weighted by Crippen LogP contribution is -1.99. The molecule has 0 saturated heterocycles. The molecule has 0 aliphatic carbocycles. The van der Waals surface area contributed by atoms with Gasteiger partial charge < -0.3 is 10.1 Å². The molecule has 2 aromatic rings. The summed E-state index contributed by atoms with van der Waals surface area (Å²) >= 11 is 7.32. The Kier molecular flexibility index (Phi) is 3.17. The van der Waals surface area contributed by atoms with Crippen molar-refractivity contribution in [3.8, 4) is 0 Å². The van der Waals surface area contributed by atoms with Gasteiger partial charge in [0.1, 0.15) is 14.9 Å². The molecular formula is C10H10ClN3O2S. The van der Waals surface area contributed by atoms with Crippen LogP contribution in [-0.2, 0) is 4.74 Å². The first kappa shape index (κ1) is 12.1. The van der Waals surface area contributed by atoms with Crippen molar-refractivity contribution in [3.63, 3.8) is 0 Å². The molecule has 0 aliphatic heterocycles.